The van der Waals surface area contributed by atoms with Crippen molar-refractivity contribution in [2.45, 2.75) is 24.9 Å². The highest BCUT2D eigenvalue weighted by Gasteiger charge is 2.71. The van der Waals surface area contributed by atoms with Gasteiger partial charge in [-0.3, -0.25) is 14.4 Å². The van der Waals surface area contributed by atoms with Gasteiger partial charge in [-0.05, 0) is 30.2 Å². The van der Waals surface area contributed by atoms with E-state index in [-0.39, 0.29) is 22.9 Å². The molecule has 2 heterocycles. The van der Waals surface area contributed by atoms with Gasteiger partial charge in [-0.15, -0.1) is 0 Å². The number of rotatable bonds is 2. The number of fused-ring (bicyclic) bond motifs is 5. The van der Waals surface area contributed by atoms with Crippen LogP contribution in [0.5, 0.6) is 0 Å². The minimum absolute atomic E-state index is 0.215. The van der Waals surface area contributed by atoms with Crippen molar-refractivity contribution in [3.63, 3.8) is 0 Å². The number of para-hydroxylation sites is 1. The summed E-state index contributed by atoms with van der Waals surface area (Å²) in [5.41, 5.74) is 0.902. The van der Waals surface area contributed by atoms with Crippen LogP contribution >= 0.6 is 0 Å². The third kappa shape index (κ3) is 2.37. The molecule has 0 radical (unpaired) electrons. The van der Waals surface area contributed by atoms with Gasteiger partial charge in [-0.25, -0.2) is 4.39 Å². The van der Waals surface area contributed by atoms with E-state index in [1.807, 2.05) is 41.3 Å². The van der Waals surface area contributed by atoms with Crippen molar-refractivity contribution < 1.29 is 18.8 Å². The molecular weight excluding hydrogens is 417 g/mol. The summed E-state index contributed by atoms with van der Waals surface area (Å²) in [6.45, 7) is 1.45. The van der Waals surface area contributed by atoms with Gasteiger partial charge in [0.15, 0.2) is 17.3 Å². The van der Waals surface area contributed by atoms with Gasteiger partial charge in [0.05, 0.1) is 12.1 Å². The second kappa shape index (κ2) is 6.82. The monoisotopic (exact) mass is 437 g/mol. The lowest BCUT2D eigenvalue weighted by atomic mass is 9.64. The number of hydrogen-bond acceptors (Lipinski definition) is 4. The number of carbonyl (C=O) groups is 3. The molecule has 1 unspecified atom stereocenters. The molecule has 1 saturated heterocycles. The van der Waals surface area contributed by atoms with Crippen LogP contribution in [0, 0.1) is 11.2 Å². The van der Waals surface area contributed by atoms with Gasteiger partial charge >= 0.3 is 0 Å². The summed E-state index contributed by atoms with van der Waals surface area (Å²) in [4.78, 5) is 43.4. The van der Waals surface area contributed by atoms with Crippen LogP contribution in [0.1, 0.15) is 44.7 Å². The predicted octanol–water partition coefficient (Wildman–Crippen LogP) is 4.85. The van der Waals surface area contributed by atoms with E-state index in [9.17, 15) is 14.4 Å². The molecule has 3 aliphatic rings. The van der Waals surface area contributed by atoms with Crippen LogP contribution in [0.2, 0.25) is 0 Å². The first kappa shape index (κ1) is 19.8. The minimum Gasteiger partial charge on any atom is -0.352 e. The average molecular weight is 437 g/mol. The Morgan fingerprint density at radius 3 is 2.15 bits per heavy atom. The van der Waals surface area contributed by atoms with E-state index in [0.29, 0.717) is 11.1 Å². The van der Waals surface area contributed by atoms with E-state index in [0.717, 1.165) is 11.3 Å². The predicted molar refractivity (Wildman–Crippen MR) is 123 cm³/mol. The van der Waals surface area contributed by atoms with Gasteiger partial charge in [0.25, 0.3) is 0 Å². The molecule has 0 bridgehead atoms. The van der Waals surface area contributed by atoms with E-state index in [4.69, 9.17) is 0 Å². The maximum Gasteiger partial charge on any atom is 0.180 e. The lowest BCUT2D eigenvalue weighted by Gasteiger charge is -2.37. The third-order valence-corrected chi connectivity index (χ3v) is 7.37. The number of anilines is 1. The molecule has 1 fully saturated rings. The van der Waals surface area contributed by atoms with Crippen LogP contribution < -0.4 is 4.90 Å². The SMILES string of the molecule is CC(=O)[C@H]1[C@H](c2ccccc2F)C2(C(=O)c3ccccc3C2=O)C2C=Cc3ccccc3N21. The van der Waals surface area contributed by atoms with Crippen molar-refractivity contribution in [2.24, 2.45) is 5.41 Å². The highest BCUT2D eigenvalue weighted by molar-refractivity contribution is 6.32. The number of hydrogen-bond donors (Lipinski definition) is 0. The quantitative estimate of drug-likeness (QED) is 0.538. The average Bonchev–Trinajstić information content (AvgIpc) is 3.26. The number of halogens is 1. The fourth-order valence-electron chi connectivity index (χ4n) is 6.14. The molecular formula is C28H20FNO3. The Morgan fingerprint density at radius 2 is 1.48 bits per heavy atom. The largest absolute Gasteiger partial charge is 0.352 e. The number of benzene rings is 3. The Balaban J connectivity index is 1.71. The molecule has 33 heavy (non-hydrogen) atoms. The lowest BCUT2D eigenvalue weighted by molar-refractivity contribution is -0.118. The first-order valence-corrected chi connectivity index (χ1v) is 11.0. The molecule has 3 aromatic carbocycles. The maximum atomic E-state index is 15.3. The summed E-state index contributed by atoms with van der Waals surface area (Å²) in [6.07, 6.45) is 3.73. The fraction of sp³-hybridized carbons (Fsp3) is 0.179. The summed E-state index contributed by atoms with van der Waals surface area (Å²) in [7, 11) is 0. The molecule has 5 heteroatoms. The molecule has 4 nitrogen and oxygen atoms in total. The molecule has 0 N–H and O–H groups in total. The number of nitrogens with zero attached hydrogens (tertiary/aromatic N) is 1. The number of ketones is 3. The van der Waals surface area contributed by atoms with E-state index in [1.165, 1.54) is 13.0 Å². The van der Waals surface area contributed by atoms with Gasteiger partial charge in [-0.2, -0.15) is 0 Å². The number of carbonyl (C=O) groups excluding carboxylic acids is 3. The Hall–Kier alpha value is -3.86. The van der Waals surface area contributed by atoms with Gasteiger partial charge in [0, 0.05) is 22.7 Å². The summed E-state index contributed by atoms with van der Waals surface area (Å²) < 4.78 is 15.3. The topological polar surface area (TPSA) is 54.5 Å². The molecule has 6 rings (SSSR count). The normalized spacial score (nSPS) is 24.1. The molecule has 0 saturated carbocycles. The van der Waals surface area contributed by atoms with Crippen LogP contribution in [0.4, 0.5) is 10.1 Å². The molecule has 0 amide bonds. The number of Topliss-reactive ketones (excluding diaryl/α,β-unsaturated/α-hetero) is 3. The van der Waals surface area contributed by atoms with Gasteiger partial charge in [0.2, 0.25) is 0 Å². The second-order valence-corrected chi connectivity index (χ2v) is 8.90. The van der Waals surface area contributed by atoms with Crippen molar-refractivity contribution in [2.75, 3.05) is 4.90 Å². The van der Waals surface area contributed by atoms with E-state index >= 15 is 4.39 Å². The molecule has 0 aromatic heterocycles. The lowest BCUT2D eigenvalue weighted by Crippen LogP contribution is -2.48. The van der Waals surface area contributed by atoms with Crippen molar-refractivity contribution in [3.05, 3.63) is 107 Å². The Bertz CT molecular complexity index is 1360. The van der Waals surface area contributed by atoms with Crippen LogP contribution in [0.3, 0.4) is 0 Å². The molecule has 162 valence electrons. The van der Waals surface area contributed by atoms with Crippen molar-refractivity contribution in [3.8, 4) is 0 Å². The summed E-state index contributed by atoms with van der Waals surface area (Å²) in [6, 6.07) is 18.9. The van der Waals surface area contributed by atoms with E-state index in [2.05, 4.69) is 0 Å². The van der Waals surface area contributed by atoms with Crippen LogP contribution in [-0.2, 0) is 4.79 Å². The van der Waals surface area contributed by atoms with Crippen molar-refractivity contribution in [1.29, 1.82) is 0 Å². The minimum atomic E-state index is -1.63. The Morgan fingerprint density at radius 1 is 0.879 bits per heavy atom. The Labute approximate surface area is 190 Å². The summed E-state index contributed by atoms with van der Waals surface area (Å²) in [5, 5.41) is 0. The Kier molecular flexibility index (Phi) is 4.09. The molecule has 2 aliphatic heterocycles. The van der Waals surface area contributed by atoms with Gasteiger partial charge < -0.3 is 4.90 Å². The highest BCUT2D eigenvalue weighted by atomic mass is 19.1. The molecule has 1 aliphatic carbocycles. The van der Waals surface area contributed by atoms with Gasteiger partial charge in [0.1, 0.15) is 11.2 Å². The zero-order chi connectivity index (χ0) is 22.9. The standard InChI is InChI=1S/C28H20FNO3/c1-16(31)25-24(20-11-5-6-12-21(20)29)28(26(32)18-9-3-4-10-19(18)27(28)33)23-15-14-17-8-2-7-13-22(17)30(23)25/h2-15,23-25H,1H3/t23?,24-,25-/m0/s1. The smallest absolute Gasteiger partial charge is 0.180 e. The van der Waals surface area contributed by atoms with Crippen molar-refractivity contribution >= 4 is 29.1 Å². The first-order chi connectivity index (χ1) is 16.0. The molecule has 1 spiro atoms. The molecule has 3 atom stereocenters. The van der Waals surface area contributed by atoms with Crippen LogP contribution in [0.25, 0.3) is 6.08 Å². The molecule has 3 aromatic rings. The summed E-state index contributed by atoms with van der Waals surface area (Å²) in [5.74, 6) is -2.41. The van der Waals surface area contributed by atoms with Crippen molar-refractivity contribution in [1.82, 2.24) is 0 Å². The maximum absolute atomic E-state index is 15.3. The van der Waals surface area contributed by atoms with Crippen LogP contribution in [-0.4, -0.2) is 29.4 Å². The first-order valence-electron chi connectivity index (χ1n) is 11.0. The summed E-state index contributed by atoms with van der Waals surface area (Å²) >= 11 is 0. The van der Waals surface area contributed by atoms with Gasteiger partial charge in [-0.1, -0.05) is 72.8 Å². The van der Waals surface area contributed by atoms with E-state index in [1.54, 1.807) is 42.5 Å². The van der Waals surface area contributed by atoms with E-state index < -0.39 is 29.2 Å². The second-order valence-electron chi connectivity index (χ2n) is 8.90. The zero-order valence-electron chi connectivity index (χ0n) is 17.9. The highest BCUT2D eigenvalue weighted by Crippen LogP contribution is 2.60. The van der Waals surface area contributed by atoms with Crippen LogP contribution in [0.15, 0.2) is 78.9 Å². The fourth-order valence-corrected chi connectivity index (χ4v) is 6.14. The third-order valence-electron chi connectivity index (χ3n) is 7.37. The zero-order valence-corrected chi connectivity index (χ0v) is 17.9.